The molecule has 0 aliphatic rings. The van der Waals surface area contributed by atoms with Crippen LogP contribution in [0.25, 0.3) is 0 Å². The van der Waals surface area contributed by atoms with Gasteiger partial charge in [-0.3, -0.25) is 19.3 Å². The monoisotopic (exact) mass is 465 g/mol. The highest BCUT2D eigenvalue weighted by atomic mass is 35.5. The smallest absolute Gasteiger partial charge is 0.238 e. The minimum atomic E-state index is -0.348. The van der Waals surface area contributed by atoms with Crippen LogP contribution in [0.4, 0.5) is 11.4 Å². The van der Waals surface area contributed by atoms with Crippen molar-refractivity contribution in [1.82, 2.24) is 4.90 Å². The van der Waals surface area contributed by atoms with Gasteiger partial charge in [0.05, 0.1) is 31.6 Å². The summed E-state index contributed by atoms with van der Waals surface area (Å²) in [6.45, 7) is -0.0817. The van der Waals surface area contributed by atoms with Crippen molar-refractivity contribution in [2.75, 3.05) is 37.9 Å². The number of anilines is 2. The molecule has 0 spiro atoms. The van der Waals surface area contributed by atoms with E-state index < -0.39 is 0 Å². The van der Waals surface area contributed by atoms with Crippen LogP contribution in [0.15, 0.2) is 72.8 Å². The van der Waals surface area contributed by atoms with E-state index >= 15 is 0 Å². The largest absolute Gasteiger partial charge is 0.495 e. The molecule has 0 aliphatic heterocycles. The van der Waals surface area contributed by atoms with Gasteiger partial charge in [0.1, 0.15) is 5.75 Å². The van der Waals surface area contributed by atoms with Crippen molar-refractivity contribution in [2.45, 2.75) is 0 Å². The normalized spacial score (nSPS) is 10.5. The summed E-state index contributed by atoms with van der Waals surface area (Å²) in [7, 11) is 3.14. The van der Waals surface area contributed by atoms with Gasteiger partial charge in [-0.25, -0.2) is 0 Å². The van der Waals surface area contributed by atoms with Gasteiger partial charge in [0, 0.05) is 16.1 Å². The number of methoxy groups -OCH3 is 1. The van der Waals surface area contributed by atoms with Gasteiger partial charge in [-0.15, -0.1) is 0 Å². The topological polar surface area (TPSA) is 87.7 Å². The quantitative estimate of drug-likeness (QED) is 0.465. The van der Waals surface area contributed by atoms with Crippen LogP contribution in [-0.4, -0.2) is 49.7 Å². The number of nitrogens with zero attached hydrogens (tertiary/aromatic N) is 1. The Hall–Kier alpha value is -3.68. The Morgan fingerprint density at radius 2 is 1.45 bits per heavy atom. The molecule has 0 aliphatic carbocycles. The molecule has 0 saturated heterocycles. The molecule has 0 fully saturated rings. The number of carbonyl (C=O) groups is 3. The van der Waals surface area contributed by atoms with E-state index in [9.17, 15) is 14.4 Å². The van der Waals surface area contributed by atoms with Crippen LogP contribution >= 0.6 is 11.6 Å². The highest BCUT2D eigenvalue weighted by molar-refractivity contribution is 6.31. The predicted octanol–water partition coefficient (Wildman–Crippen LogP) is 4.09. The SMILES string of the molecule is COc1ccc(Cl)cc1NC(=O)CN(C)CC(=O)Nc1ccccc1C(=O)c1ccccc1. The third-order valence-corrected chi connectivity index (χ3v) is 4.98. The second-order valence-electron chi connectivity index (χ2n) is 7.35. The molecule has 7 nitrogen and oxygen atoms in total. The first-order valence-corrected chi connectivity index (χ1v) is 10.6. The Labute approximate surface area is 197 Å². The van der Waals surface area contributed by atoms with Crippen molar-refractivity contribution in [2.24, 2.45) is 0 Å². The van der Waals surface area contributed by atoms with Gasteiger partial charge in [0.15, 0.2) is 5.78 Å². The maximum absolute atomic E-state index is 12.8. The molecule has 3 rings (SSSR count). The molecule has 0 aromatic heterocycles. The van der Waals surface area contributed by atoms with Crippen molar-refractivity contribution in [3.05, 3.63) is 88.9 Å². The van der Waals surface area contributed by atoms with Crippen LogP contribution in [0.3, 0.4) is 0 Å². The lowest BCUT2D eigenvalue weighted by molar-refractivity contribution is -0.119. The van der Waals surface area contributed by atoms with Crippen molar-refractivity contribution in [3.63, 3.8) is 0 Å². The Kier molecular flexibility index (Phi) is 8.18. The van der Waals surface area contributed by atoms with Gasteiger partial charge in [-0.2, -0.15) is 0 Å². The van der Waals surface area contributed by atoms with Crippen LogP contribution in [-0.2, 0) is 9.59 Å². The maximum atomic E-state index is 12.8. The molecule has 0 atom stereocenters. The van der Waals surface area contributed by atoms with Crippen LogP contribution in [0.5, 0.6) is 5.75 Å². The number of amides is 2. The summed E-state index contributed by atoms with van der Waals surface area (Å²) in [6, 6.07) is 20.6. The number of hydrogen-bond acceptors (Lipinski definition) is 5. The van der Waals surface area contributed by atoms with E-state index in [-0.39, 0.29) is 30.7 Å². The number of ketones is 1. The molecule has 3 aromatic carbocycles. The minimum Gasteiger partial charge on any atom is -0.495 e. The van der Waals surface area contributed by atoms with Gasteiger partial charge in [-0.1, -0.05) is 54.1 Å². The van der Waals surface area contributed by atoms with Crippen LogP contribution in [0.1, 0.15) is 15.9 Å². The summed E-state index contributed by atoms with van der Waals surface area (Å²) in [6.07, 6.45) is 0. The van der Waals surface area contributed by atoms with E-state index in [2.05, 4.69) is 10.6 Å². The number of ether oxygens (including phenoxy) is 1. The van der Waals surface area contributed by atoms with Crippen molar-refractivity contribution >= 4 is 40.6 Å². The molecule has 2 N–H and O–H groups in total. The van der Waals surface area contributed by atoms with E-state index in [0.717, 1.165) is 0 Å². The van der Waals surface area contributed by atoms with Gasteiger partial charge in [0.25, 0.3) is 0 Å². The number of carbonyl (C=O) groups excluding carboxylic acids is 3. The first-order chi connectivity index (χ1) is 15.9. The minimum absolute atomic E-state index is 0.0340. The second-order valence-corrected chi connectivity index (χ2v) is 7.79. The average Bonchev–Trinajstić information content (AvgIpc) is 2.79. The summed E-state index contributed by atoms with van der Waals surface area (Å²) in [5.74, 6) is -0.382. The molecular formula is C25H24ClN3O4. The number of rotatable bonds is 9. The summed E-state index contributed by atoms with van der Waals surface area (Å²) in [4.78, 5) is 39.4. The fourth-order valence-corrected chi connectivity index (χ4v) is 3.41. The van der Waals surface area contributed by atoms with Crippen LogP contribution in [0.2, 0.25) is 5.02 Å². The van der Waals surface area contributed by atoms with E-state index in [0.29, 0.717) is 33.3 Å². The molecule has 170 valence electrons. The predicted molar refractivity (Wildman–Crippen MR) is 129 cm³/mol. The van der Waals surface area contributed by atoms with Crippen molar-refractivity contribution in [3.8, 4) is 5.75 Å². The lowest BCUT2D eigenvalue weighted by Crippen LogP contribution is -2.36. The first kappa shape index (κ1) is 24.0. The lowest BCUT2D eigenvalue weighted by atomic mass is 10.0. The number of nitrogens with one attached hydrogen (secondary N) is 2. The third kappa shape index (κ3) is 6.65. The Morgan fingerprint density at radius 3 is 2.12 bits per heavy atom. The third-order valence-electron chi connectivity index (χ3n) is 4.74. The van der Waals surface area contributed by atoms with Gasteiger partial charge < -0.3 is 15.4 Å². The van der Waals surface area contributed by atoms with Crippen LogP contribution in [0, 0.1) is 0 Å². The number of para-hydroxylation sites is 1. The van der Waals surface area contributed by atoms with Gasteiger partial charge in [-0.05, 0) is 37.4 Å². The average molecular weight is 466 g/mol. The number of benzene rings is 3. The molecule has 0 saturated carbocycles. The fourth-order valence-electron chi connectivity index (χ4n) is 3.24. The van der Waals surface area contributed by atoms with E-state index in [1.807, 2.05) is 6.07 Å². The van der Waals surface area contributed by atoms with Crippen molar-refractivity contribution in [1.29, 1.82) is 0 Å². The molecule has 0 unspecified atom stereocenters. The zero-order valence-electron chi connectivity index (χ0n) is 18.3. The maximum Gasteiger partial charge on any atom is 0.238 e. The molecule has 0 bridgehead atoms. The summed E-state index contributed by atoms with van der Waals surface area (Å²) >= 11 is 5.99. The van der Waals surface area contributed by atoms with E-state index in [1.165, 1.54) is 7.11 Å². The van der Waals surface area contributed by atoms with E-state index in [1.54, 1.807) is 78.7 Å². The number of likely N-dealkylation sites (N-methyl/N-ethyl adjacent to an activating group) is 1. The highest BCUT2D eigenvalue weighted by Gasteiger charge is 2.17. The van der Waals surface area contributed by atoms with Gasteiger partial charge in [0.2, 0.25) is 11.8 Å². The first-order valence-electron chi connectivity index (χ1n) is 10.2. The molecular weight excluding hydrogens is 442 g/mol. The number of hydrogen-bond donors (Lipinski definition) is 2. The zero-order valence-corrected chi connectivity index (χ0v) is 19.1. The fraction of sp³-hybridized carbons (Fsp3) is 0.160. The van der Waals surface area contributed by atoms with Crippen LogP contribution < -0.4 is 15.4 Å². The molecule has 0 heterocycles. The van der Waals surface area contributed by atoms with E-state index in [4.69, 9.17) is 16.3 Å². The number of halogens is 1. The Balaban J connectivity index is 1.60. The Bertz CT molecular complexity index is 1150. The summed E-state index contributed by atoms with van der Waals surface area (Å²) in [5, 5.41) is 5.96. The van der Waals surface area contributed by atoms with Crippen molar-refractivity contribution < 1.29 is 19.1 Å². The standard InChI is InChI=1S/C25H24ClN3O4/c1-29(16-24(31)28-21-14-18(26)12-13-22(21)33-2)15-23(30)27-20-11-7-6-10-19(20)25(32)17-8-4-3-5-9-17/h3-14H,15-16H2,1-2H3,(H,27,30)(H,28,31). The molecule has 2 amide bonds. The molecule has 8 heteroatoms. The second kappa shape index (κ2) is 11.3. The molecule has 3 aromatic rings. The highest BCUT2D eigenvalue weighted by Crippen LogP contribution is 2.27. The summed E-state index contributed by atoms with van der Waals surface area (Å²) in [5.41, 5.74) is 1.79. The Morgan fingerprint density at radius 1 is 0.848 bits per heavy atom. The summed E-state index contributed by atoms with van der Waals surface area (Å²) < 4.78 is 5.22. The lowest BCUT2D eigenvalue weighted by Gasteiger charge is -2.17. The molecule has 33 heavy (non-hydrogen) atoms. The molecule has 0 radical (unpaired) electrons. The zero-order chi connectivity index (χ0) is 23.8. The van der Waals surface area contributed by atoms with Gasteiger partial charge >= 0.3 is 0 Å².